The summed E-state index contributed by atoms with van der Waals surface area (Å²) in [7, 11) is 0. The van der Waals surface area contributed by atoms with Crippen LogP contribution in [0, 0.1) is 13.8 Å². The molecule has 0 spiro atoms. The normalized spacial score (nSPS) is 10.9. The van der Waals surface area contributed by atoms with E-state index in [2.05, 4.69) is 10.1 Å². The average molecular weight is 182 g/mol. The Morgan fingerprint density at radius 3 is 2.92 bits per heavy atom. The number of hydrogen-bond donors (Lipinski definition) is 0. The molecule has 62 valence electrons. The SMILES string of the molecule is Cc1cc2ncc(C)n2nc1Cl. The fourth-order valence-corrected chi connectivity index (χ4v) is 1.23. The Morgan fingerprint density at radius 1 is 1.42 bits per heavy atom. The molecule has 0 saturated carbocycles. The molecule has 0 fully saturated rings. The summed E-state index contributed by atoms with van der Waals surface area (Å²) in [5.74, 6) is 0. The first-order valence-electron chi connectivity index (χ1n) is 3.66. The molecule has 0 N–H and O–H groups in total. The zero-order chi connectivity index (χ0) is 8.72. The zero-order valence-corrected chi connectivity index (χ0v) is 7.63. The van der Waals surface area contributed by atoms with Gasteiger partial charge in [-0.25, -0.2) is 9.50 Å². The minimum absolute atomic E-state index is 0.531. The van der Waals surface area contributed by atoms with Crippen molar-refractivity contribution in [3.8, 4) is 0 Å². The highest BCUT2D eigenvalue weighted by molar-refractivity contribution is 6.30. The molecule has 0 atom stereocenters. The molecule has 0 saturated heterocycles. The van der Waals surface area contributed by atoms with E-state index in [1.807, 2.05) is 19.9 Å². The lowest BCUT2D eigenvalue weighted by atomic mass is 10.3. The maximum atomic E-state index is 5.86. The van der Waals surface area contributed by atoms with Crippen LogP contribution in [0.2, 0.25) is 5.15 Å². The van der Waals surface area contributed by atoms with Gasteiger partial charge in [0.25, 0.3) is 0 Å². The van der Waals surface area contributed by atoms with Crippen molar-refractivity contribution in [2.75, 3.05) is 0 Å². The number of nitrogens with zero attached hydrogens (tertiary/aromatic N) is 3. The zero-order valence-electron chi connectivity index (χ0n) is 6.87. The van der Waals surface area contributed by atoms with E-state index in [-0.39, 0.29) is 0 Å². The molecule has 0 aliphatic carbocycles. The van der Waals surface area contributed by atoms with E-state index >= 15 is 0 Å². The van der Waals surface area contributed by atoms with Crippen LogP contribution >= 0.6 is 11.6 Å². The van der Waals surface area contributed by atoms with Crippen LogP contribution in [0.15, 0.2) is 12.3 Å². The molecule has 0 aliphatic rings. The highest BCUT2D eigenvalue weighted by Gasteiger charge is 2.03. The van der Waals surface area contributed by atoms with Crippen molar-refractivity contribution in [3.05, 3.63) is 28.7 Å². The fourth-order valence-electron chi connectivity index (χ4n) is 1.10. The molecule has 0 bridgehead atoms. The molecule has 4 heteroatoms. The Balaban J connectivity index is 2.87. The highest BCUT2D eigenvalue weighted by atomic mass is 35.5. The molecule has 0 unspecified atom stereocenters. The van der Waals surface area contributed by atoms with Gasteiger partial charge in [0.15, 0.2) is 10.8 Å². The van der Waals surface area contributed by atoms with E-state index in [1.165, 1.54) is 0 Å². The maximum Gasteiger partial charge on any atom is 0.154 e. The molecule has 2 heterocycles. The van der Waals surface area contributed by atoms with Crippen LogP contribution in [0.5, 0.6) is 0 Å². The van der Waals surface area contributed by atoms with Crippen molar-refractivity contribution in [2.45, 2.75) is 13.8 Å². The van der Waals surface area contributed by atoms with Gasteiger partial charge in [-0.2, -0.15) is 5.10 Å². The number of aryl methyl sites for hydroxylation is 2. The highest BCUT2D eigenvalue weighted by Crippen LogP contribution is 2.13. The van der Waals surface area contributed by atoms with Gasteiger partial charge in [0.2, 0.25) is 0 Å². The Hall–Kier alpha value is -1.09. The number of fused-ring (bicyclic) bond motifs is 1. The number of imidazole rings is 1. The van der Waals surface area contributed by atoms with E-state index in [9.17, 15) is 0 Å². The monoisotopic (exact) mass is 181 g/mol. The molecule has 2 aromatic heterocycles. The standard InChI is InChI=1S/C8H8ClN3/c1-5-3-7-10-4-6(2)12(7)11-8(5)9/h3-4H,1-2H3. The fraction of sp³-hybridized carbons (Fsp3) is 0.250. The van der Waals surface area contributed by atoms with Crippen LogP contribution < -0.4 is 0 Å². The van der Waals surface area contributed by atoms with Crippen LogP contribution in [0.3, 0.4) is 0 Å². The van der Waals surface area contributed by atoms with E-state index < -0.39 is 0 Å². The van der Waals surface area contributed by atoms with Crippen LogP contribution in [-0.4, -0.2) is 14.6 Å². The van der Waals surface area contributed by atoms with Crippen LogP contribution in [0.25, 0.3) is 5.65 Å². The second-order valence-electron chi connectivity index (χ2n) is 2.79. The summed E-state index contributed by atoms with van der Waals surface area (Å²) in [4.78, 5) is 4.16. The van der Waals surface area contributed by atoms with E-state index in [4.69, 9.17) is 11.6 Å². The third kappa shape index (κ3) is 0.975. The quantitative estimate of drug-likeness (QED) is 0.622. The van der Waals surface area contributed by atoms with Gasteiger partial charge in [-0.3, -0.25) is 0 Å². The molecule has 3 nitrogen and oxygen atoms in total. The Morgan fingerprint density at radius 2 is 2.17 bits per heavy atom. The summed E-state index contributed by atoms with van der Waals surface area (Å²) in [6, 6.07) is 1.92. The predicted octanol–water partition coefficient (Wildman–Crippen LogP) is 2.00. The lowest BCUT2D eigenvalue weighted by Crippen LogP contribution is -1.95. The van der Waals surface area contributed by atoms with Gasteiger partial charge >= 0.3 is 0 Å². The maximum absolute atomic E-state index is 5.86. The number of halogens is 1. The van der Waals surface area contributed by atoms with Crippen molar-refractivity contribution in [1.29, 1.82) is 0 Å². The molecular formula is C8H8ClN3. The van der Waals surface area contributed by atoms with Crippen molar-refractivity contribution >= 4 is 17.2 Å². The smallest absolute Gasteiger partial charge is 0.154 e. The number of rotatable bonds is 0. The topological polar surface area (TPSA) is 30.2 Å². The first-order chi connectivity index (χ1) is 5.68. The number of aromatic nitrogens is 3. The summed E-state index contributed by atoms with van der Waals surface area (Å²) in [5, 5.41) is 4.69. The molecule has 2 rings (SSSR count). The van der Waals surface area contributed by atoms with Crippen LogP contribution in [-0.2, 0) is 0 Å². The van der Waals surface area contributed by atoms with Gasteiger partial charge < -0.3 is 0 Å². The summed E-state index contributed by atoms with van der Waals surface area (Å²) in [6.45, 7) is 3.86. The first kappa shape index (κ1) is 7.55. The second-order valence-corrected chi connectivity index (χ2v) is 3.15. The Bertz CT molecular complexity index is 433. The number of hydrogen-bond acceptors (Lipinski definition) is 2. The summed E-state index contributed by atoms with van der Waals surface area (Å²) >= 11 is 5.86. The lowest BCUT2D eigenvalue weighted by molar-refractivity contribution is 0.893. The van der Waals surface area contributed by atoms with Crippen molar-refractivity contribution in [2.24, 2.45) is 0 Å². The third-order valence-electron chi connectivity index (χ3n) is 1.79. The van der Waals surface area contributed by atoms with Gasteiger partial charge in [-0.15, -0.1) is 0 Å². The molecule has 0 aromatic carbocycles. The van der Waals surface area contributed by atoms with Gasteiger partial charge in [0, 0.05) is 0 Å². The molecule has 12 heavy (non-hydrogen) atoms. The van der Waals surface area contributed by atoms with Crippen molar-refractivity contribution < 1.29 is 0 Å². The minimum Gasteiger partial charge on any atom is -0.235 e. The van der Waals surface area contributed by atoms with Crippen molar-refractivity contribution in [1.82, 2.24) is 14.6 Å². The molecule has 0 aliphatic heterocycles. The summed E-state index contributed by atoms with van der Waals surface area (Å²) < 4.78 is 1.73. The largest absolute Gasteiger partial charge is 0.235 e. The van der Waals surface area contributed by atoms with Crippen LogP contribution in [0.4, 0.5) is 0 Å². The van der Waals surface area contributed by atoms with Crippen LogP contribution in [0.1, 0.15) is 11.3 Å². The van der Waals surface area contributed by atoms with Gasteiger partial charge in [0.1, 0.15) is 0 Å². The summed E-state index contributed by atoms with van der Waals surface area (Å²) in [6.07, 6.45) is 1.78. The second kappa shape index (κ2) is 2.45. The predicted molar refractivity (Wildman–Crippen MR) is 47.5 cm³/mol. The van der Waals surface area contributed by atoms with Crippen molar-refractivity contribution in [3.63, 3.8) is 0 Å². The van der Waals surface area contributed by atoms with Gasteiger partial charge in [-0.1, -0.05) is 11.6 Å². The minimum atomic E-state index is 0.531. The van der Waals surface area contributed by atoms with E-state index in [1.54, 1.807) is 10.7 Å². The summed E-state index contributed by atoms with van der Waals surface area (Å²) in [5.41, 5.74) is 2.79. The van der Waals surface area contributed by atoms with Gasteiger partial charge in [0.05, 0.1) is 11.9 Å². The van der Waals surface area contributed by atoms with Gasteiger partial charge in [-0.05, 0) is 25.5 Å². The third-order valence-corrected chi connectivity index (χ3v) is 2.17. The lowest BCUT2D eigenvalue weighted by Gasteiger charge is -1.98. The molecular weight excluding hydrogens is 174 g/mol. The average Bonchev–Trinajstić information content (AvgIpc) is 2.35. The van der Waals surface area contributed by atoms with E-state index in [0.717, 1.165) is 16.9 Å². The van der Waals surface area contributed by atoms with E-state index in [0.29, 0.717) is 5.15 Å². The molecule has 2 aromatic rings. The molecule has 0 amide bonds. The Kier molecular flexibility index (Phi) is 1.54. The Labute approximate surface area is 75.0 Å². The molecule has 0 radical (unpaired) electrons. The first-order valence-corrected chi connectivity index (χ1v) is 4.04.